The van der Waals surface area contributed by atoms with Crippen molar-refractivity contribution in [3.8, 4) is 0 Å². The van der Waals surface area contributed by atoms with Crippen LogP contribution in [0.4, 0.5) is 17.6 Å². The molecule has 4 unspecified atom stereocenters. The standard InChI is InChI=1S/C44H66F4N8O8P2/c1-11-28(3)37(40(58)49-24-15-16-25-63-66(62,56(9)10)64-65(61,54(5)6)55(7)8)52-42(60)43(23-22-35-32(27-43)31-19-17-20-33(39(31)50-35)44(46,47)48)53-41(59)38(29(4)12-2)51-36(57)26-30-18-13-14-21-34(30)45/h13-14,17-21,28-29,37-38,50H,11-12,15-16,22-27H2,1-10H3,(H,49,58)(H,51,57)(H,52,60)(H,53,59)/p+1/t28?,29?,37-,38-,43+,66?/m0/s1. The minimum absolute atomic E-state index is 0.0553. The summed E-state index contributed by atoms with van der Waals surface area (Å²) in [5.74, 6) is -4.13. The Hall–Kier alpha value is -4.16. The maximum absolute atomic E-state index is 14.9. The summed E-state index contributed by atoms with van der Waals surface area (Å²) in [6.45, 7) is 7.22. The van der Waals surface area contributed by atoms with Crippen LogP contribution in [0.25, 0.3) is 10.9 Å². The lowest BCUT2D eigenvalue weighted by atomic mass is 9.78. The van der Waals surface area contributed by atoms with Crippen LogP contribution in [0.3, 0.4) is 0 Å². The summed E-state index contributed by atoms with van der Waals surface area (Å²) < 4.78 is 98.5. The van der Waals surface area contributed by atoms with E-state index < -0.39 is 86.1 Å². The molecule has 1 aromatic heterocycles. The molecule has 22 heteroatoms. The molecule has 0 fully saturated rings. The molecule has 1 aliphatic carbocycles. The Morgan fingerprint density at radius 3 is 2.11 bits per heavy atom. The van der Waals surface area contributed by atoms with Crippen molar-refractivity contribution in [2.24, 2.45) is 11.8 Å². The average molecular weight is 974 g/mol. The van der Waals surface area contributed by atoms with Crippen molar-refractivity contribution >= 4 is 49.9 Å². The summed E-state index contributed by atoms with van der Waals surface area (Å²) in [6.07, 6.45) is -3.76. The maximum Gasteiger partial charge on any atom is 0.469 e. The fourth-order valence-corrected chi connectivity index (χ4v) is 12.3. The van der Waals surface area contributed by atoms with Crippen LogP contribution in [-0.4, -0.2) is 111 Å². The second kappa shape index (κ2) is 22.8. The molecule has 0 aliphatic heterocycles. The molecule has 3 aromatic rings. The number of H-pyrrole nitrogens is 1. The number of aromatic amines is 1. The van der Waals surface area contributed by atoms with E-state index in [2.05, 4.69) is 26.3 Å². The number of para-hydroxylation sites is 1. The number of aromatic nitrogens is 1. The summed E-state index contributed by atoms with van der Waals surface area (Å²) in [5.41, 5.74) is -1.86. The highest BCUT2D eigenvalue weighted by Crippen LogP contribution is 2.62. The Morgan fingerprint density at radius 2 is 1.53 bits per heavy atom. The molecule has 0 spiro atoms. The van der Waals surface area contributed by atoms with Gasteiger partial charge in [0.15, 0.2) is 0 Å². The summed E-state index contributed by atoms with van der Waals surface area (Å²) in [5, 5.41) is 11.6. The number of nitrogens with zero attached hydrogens (tertiary/aromatic N) is 2. The summed E-state index contributed by atoms with van der Waals surface area (Å²) >= 11 is 0. The number of aryl methyl sites for hydroxylation is 1. The predicted octanol–water partition coefficient (Wildman–Crippen LogP) is 5.39. The second-order valence-corrected chi connectivity index (χ2v) is 23.0. The molecule has 2 aromatic carbocycles. The fraction of sp³-hybridized carbons (Fsp3) is 0.591. The van der Waals surface area contributed by atoms with E-state index in [0.29, 0.717) is 41.6 Å². The number of quaternary nitrogens is 1. The first-order chi connectivity index (χ1) is 30.8. The number of carbonyl (C=O) groups is 4. The Bertz CT molecular complexity index is 2280. The Morgan fingerprint density at radius 1 is 0.894 bits per heavy atom. The lowest BCUT2D eigenvalue weighted by molar-refractivity contribution is -0.734. The van der Waals surface area contributed by atoms with Gasteiger partial charge in [-0.1, -0.05) is 70.9 Å². The molecular weight excluding hydrogens is 906 g/mol. The van der Waals surface area contributed by atoms with E-state index in [-0.39, 0.29) is 55.3 Å². The number of halogens is 4. The molecule has 7 atom stereocenters. The summed E-state index contributed by atoms with van der Waals surface area (Å²) in [4.78, 5) is 59.5. The van der Waals surface area contributed by atoms with Crippen molar-refractivity contribution in [3.63, 3.8) is 0 Å². The van der Waals surface area contributed by atoms with E-state index in [1.165, 1.54) is 53.8 Å². The zero-order valence-corrected chi connectivity index (χ0v) is 41.3. The van der Waals surface area contributed by atoms with Gasteiger partial charge >= 0.3 is 21.6 Å². The topological polar surface area (TPSA) is 196 Å². The third-order valence-electron chi connectivity index (χ3n) is 12.2. The largest absolute Gasteiger partial charge is 0.469 e. The van der Waals surface area contributed by atoms with Crippen LogP contribution in [0.5, 0.6) is 0 Å². The van der Waals surface area contributed by atoms with Gasteiger partial charge in [-0.05, 0) is 74.9 Å². The zero-order chi connectivity index (χ0) is 49.4. The highest BCUT2D eigenvalue weighted by atomic mass is 31.3. The number of rotatable bonds is 23. The van der Waals surface area contributed by atoms with E-state index in [9.17, 15) is 45.9 Å². The van der Waals surface area contributed by atoms with Gasteiger partial charge in [0.05, 0.1) is 38.2 Å². The number of nitrogens with one attached hydrogen (secondary N) is 6. The molecule has 16 nitrogen and oxygen atoms in total. The molecule has 0 radical (unpaired) electrons. The second-order valence-electron chi connectivity index (χ2n) is 17.6. The van der Waals surface area contributed by atoms with Gasteiger partial charge in [0.2, 0.25) is 23.6 Å². The summed E-state index contributed by atoms with van der Waals surface area (Å²) in [7, 11) is 1.72. The average Bonchev–Trinajstić information content (AvgIpc) is 3.62. The van der Waals surface area contributed by atoms with Crippen LogP contribution in [0, 0.1) is 17.7 Å². The van der Waals surface area contributed by atoms with Gasteiger partial charge in [-0.25, -0.2) is 18.2 Å². The number of alkyl halides is 3. The number of unbranched alkanes of at least 4 members (excludes halogenated alkanes) is 1. The van der Waals surface area contributed by atoms with Crippen LogP contribution in [0.1, 0.15) is 82.2 Å². The van der Waals surface area contributed by atoms with Crippen molar-refractivity contribution in [1.82, 2.24) is 35.6 Å². The quantitative estimate of drug-likeness (QED) is 0.0408. The van der Waals surface area contributed by atoms with Crippen molar-refractivity contribution < 1.29 is 59.4 Å². The first kappa shape index (κ1) is 54.4. The molecule has 4 rings (SSSR count). The first-order valence-electron chi connectivity index (χ1n) is 22.2. The van der Waals surface area contributed by atoms with Crippen molar-refractivity contribution in [2.75, 3.05) is 55.4 Å². The Balaban J connectivity index is 1.58. The van der Waals surface area contributed by atoms with Gasteiger partial charge in [0, 0.05) is 38.1 Å². The number of fused-ring (bicyclic) bond motifs is 3. The number of hydrogen-bond acceptors (Lipinski definition) is 8. The van der Waals surface area contributed by atoms with Gasteiger partial charge in [-0.3, -0.25) is 28.4 Å². The van der Waals surface area contributed by atoms with E-state index in [4.69, 9.17) is 8.83 Å². The zero-order valence-electron chi connectivity index (χ0n) is 39.5. The summed E-state index contributed by atoms with van der Waals surface area (Å²) in [6, 6.07) is 7.19. The molecular formula is C44H67F4N8O8P2+. The van der Waals surface area contributed by atoms with E-state index >= 15 is 0 Å². The normalized spacial score (nSPS) is 19.0. The monoisotopic (exact) mass is 973 g/mol. The van der Waals surface area contributed by atoms with Gasteiger partial charge < -0.3 is 26.3 Å². The van der Waals surface area contributed by atoms with Crippen molar-refractivity contribution in [1.29, 1.82) is 0 Å². The van der Waals surface area contributed by atoms with Crippen LogP contribution < -0.4 is 25.9 Å². The molecule has 66 heavy (non-hydrogen) atoms. The van der Waals surface area contributed by atoms with Gasteiger partial charge in [0.25, 0.3) is 0 Å². The number of carbonyl (C=O) groups excluding carboxylic acids is 4. The van der Waals surface area contributed by atoms with E-state index in [1.807, 2.05) is 13.8 Å². The third kappa shape index (κ3) is 12.9. The molecule has 6 N–H and O–H groups in total. The van der Waals surface area contributed by atoms with Crippen LogP contribution in [-0.2, 0) is 62.6 Å². The SMILES string of the molecule is CCC(C)[C@H](NC(=O)Cc1ccccc1F)C(=O)N[C@]1(C(=O)N[C@H](C(=O)NCCCCOP(=O)(OP(=O)(N(C)C)[NH+](C)C)N(C)C)C(C)CC)CCc2[nH]c3c(C(F)(F)F)cccc3c2C1. The molecule has 1 heterocycles. The number of amides is 4. The Labute approximate surface area is 384 Å². The molecule has 0 bridgehead atoms. The minimum atomic E-state index is -4.68. The number of benzene rings is 2. The van der Waals surface area contributed by atoms with E-state index in [1.54, 1.807) is 48.1 Å². The van der Waals surface area contributed by atoms with Crippen LogP contribution in [0.2, 0.25) is 0 Å². The fourth-order valence-electron chi connectivity index (χ4n) is 7.74. The molecule has 1 aliphatic rings. The lowest BCUT2D eigenvalue weighted by Gasteiger charge is -2.39. The lowest BCUT2D eigenvalue weighted by Crippen LogP contribution is -3.02. The highest BCUT2D eigenvalue weighted by molar-refractivity contribution is 7.63. The molecule has 4 amide bonds. The van der Waals surface area contributed by atoms with Crippen LogP contribution >= 0.6 is 15.4 Å². The van der Waals surface area contributed by atoms with E-state index in [0.717, 1.165) is 6.07 Å². The molecule has 0 saturated carbocycles. The third-order valence-corrected chi connectivity index (χ3v) is 17.6. The van der Waals surface area contributed by atoms with Gasteiger partial charge in [-0.15, -0.1) is 0 Å². The maximum atomic E-state index is 14.9. The number of hydrogen-bond donors (Lipinski definition) is 6. The smallest absolute Gasteiger partial charge is 0.358 e. The van der Waals surface area contributed by atoms with Crippen molar-refractivity contribution in [2.45, 2.75) is 103 Å². The highest BCUT2D eigenvalue weighted by Gasteiger charge is 2.48. The van der Waals surface area contributed by atoms with Gasteiger partial charge in [0.1, 0.15) is 23.4 Å². The molecule has 368 valence electrons. The van der Waals surface area contributed by atoms with Crippen molar-refractivity contribution in [3.05, 3.63) is 70.7 Å². The Kier molecular flexibility index (Phi) is 18.8. The minimum Gasteiger partial charge on any atom is -0.358 e. The van der Waals surface area contributed by atoms with Gasteiger partial charge in [-0.2, -0.15) is 22.2 Å². The van der Waals surface area contributed by atoms with Crippen LogP contribution in [0.15, 0.2) is 42.5 Å². The first-order valence-corrected chi connectivity index (χ1v) is 25.3. The molecule has 0 saturated heterocycles. The predicted molar refractivity (Wildman–Crippen MR) is 244 cm³/mol.